The summed E-state index contributed by atoms with van der Waals surface area (Å²) in [5.41, 5.74) is 7.44. The van der Waals surface area contributed by atoms with Gasteiger partial charge in [0.05, 0.1) is 0 Å². The van der Waals surface area contributed by atoms with Crippen molar-refractivity contribution in [2.75, 3.05) is 6.54 Å². The number of aliphatic hydroxyl groups is 2. The molecule has 0 bridgehead atoms. The topological polar surface area (TPSA) is 157 Å². The number of hydrogen-bond donors (Lipinski definition) is 6. The SMILES string of the molecule is NCCc1c[nH]c2cc(F)ccc12.O=C(O)[C@H](O)[C@@H](O)C(=O)O. The van der Waals surface area contributed by atoms with E-state index in [1.165, 1.54) is 12.1 Å². The largest absolute Gasteiger partial charge is 0.479 e. The Hall–Kier alpha value is -2.49. The number of H-pyrrole nitrogens is 1. The summed E-state index contributed by atoms with van der Waals surface area (Å²) in [4.78, 5) is 22.6. The number of carbonyl (C=O) groups is 2. The summed E-state index contributed by atoms with van der Waals surface area (Å²) in [6, 6.07) is 4.75. The summed E-state index contributed by atoms with van der Waals surface area (Å²) in [5.74, 6) is -3.75. The zero-order valence-electron chi connectivity index (χ0n) is 11.9. The van der Waals surface area contributed by atoms with Crippen LogP contribution in [0.3, 0.4) is 0 Å². The Morgan fingerprint density at radius 2 is 1.74 bits per heavy atom. The Kier molecular flexibility index (Phi) is 6.64. The van der Waals surface area contributed by atoms with E-state index in [1.807, 2.05) is 6.20 Å². The van der Waals surface area contributed by atoms with Gasteiger partial charge in [-0.15, -0.1) is 0 Å². The van der Waals surface area contributed by atoms with E-state index in [2.05, 4.69) is 4.98 Å². The average Bonchev–Trinajstić information content (AvgIpc) is 2.88. The molecule has 0 amide bonds. The Morgan fingerprint density at radius 3 is 2.22 bits per heavy atom. The van der Waals surface area contributed by atoms with Crippen LogP contribution < -0.4 is 5.73 Å². The molecule has 0 saturated heterocycles. The number of carboxylic acids is 2. The molecule has 0 spiro atoms. The summed E-state index contributed by atoms with van der Waals surface area (Å²) in [6.45, 7) is 0.615. The van der Waals surface area contributed by atoms with Crippen LogP contribution in [0, 0.1) is 5.82 Å². The molecule has 1 heterocycles. The molecular weight excluding hydrogens is 311 g/mol. The van der Waals surface area contributed by atoms with Crippen LogP contribution in [-0.4, -0.2) is 56.1 Å². The molecule has 0 radical (unpaired) electrons. The number of aliphatic carboxylic acids is 2. The van der Waals surface area contributed by atoms with E-state index >= 15 is 0 Å². The molecule has 8 nitrogen and oxygen atoms in total. The number of benzene rings is 1. The fourth-order valence-corrected chi connectivity index (χ4v) is 1.79. The number of hydrogen-bond acceptors (Lipinski definition) is 5. The third-order valence-corrected chi connectivity index (χ3v) is 2.95. The van der Waals surface area contributed by atoms with Crippen molar-refractivity contribution in [2.45, 2.75) is 18.6 Å². The van der Waals surface area contributed by atoms with Gasteiger partial charge < -0.3 is 31.1 Å². The predicted molar refractivity (Wildman–Crippen MR) is 78.3 cm³/mol. The number of aromatic amines is 1. The minimum absolute atomic E-state index is 0.214. The number of fused-ring (bicyclic) bond motifs is 1. The van der Waals surface area contributed by atoms with Crippen molar-refractivity contribution in [1.29, 1.82) is 0 Å². The number of aliphatic hydroxyl groups excluding tert-OH is 2. The van der Waals surface area contributed by atoms with Crippen molar-refractivity contribution >= 4 is 22.8 Å². The lowest BCUT2D eigenvalue weighted by Crippen LogP contribution is -2.39. The highest BCUT2D eigenvalue weighted by Gasteiger charge is 2.29. The number of carboxylic acid groups (broad SMARTS) is 2. The van der Waals surface area contributed by atoms with Gasteiger partial charge in [-0.3, -0.25) is 0 Å². The number of nitrogens with one attached hydrogen (secondary N) is 1. The van der Waals surface area contributed by atoms with E-state index in [4.69, 9.17) is 26.2 Å². The lowest BCUT2D eigenvalue weighted by atomic mass is 10.1. The van der Waals surface area contributed by atoms with Crippen LogP contribution in [0.4, 0.5) is 4.39 Å². The zero-order valence-corrected chi connectivity index (χ0v) is 11.9. The van der Waals surface area contributed by atoms with Crippen molar-refractivity contribution in [3.63, 3.8) is 0 Å². The molecule has 0 saturated carbocycles. The molecule has 0 aliphatic heterocycles. The third-order valence-electron chi connectivity index (χ3n) is 2.95. The third kappa shape index (κ3) is 5.02. The summed E-state index contributed by atoms with van der Waals surface area (Å²) >= 11 is 0. The second kappa shape index (κ2) is 8.22. The van der Waals surface area contributed by atoms with Crippen LogP contribution in [-0.2, 0) is 16.0 Å². The van der Waals surface area contributed by atoms with Gasteiger partial charge in [0.15, 0.2) is 12.2 Å². The second-order valence-corrected chi connectivity index (χ2v) is 4.61. The second-order valence-electron chi connectivity index (χ2n) is 4.61. The summed E-state index contributed by atoms with van der Waals surface area (Å²) < 4.78 is 12.8. The van der Waals surface area contributed by atoms with Gasteiger partial charge in [0, 0.05) is 17.1 Å². The first-order chi connectivity index (χ1) is 10.8. The minimum atomic E-state index is -2.27. The van der Waals surface area contributed by atoms with Crippen molar-refractivity contribution in [3.05, 3.63) is 35.8 Å². The Morgan fingerprint density at radius 1 is 1.17 bits per heavy atom. The molecule has 1 aromatic carbocycles. The molecule has 0 aliphatic rings. The number of rotatable bonds is 5. The number of nitrogens with two attached hydrogens (primary N) is 1. The highest BCUT2D eigenvalue weighted by atomic mass is 19.1. The first kappa shape index (κ1) is 18.6. The maximum atomic E-state index is 12.8. The first-order valence-electron chi connectivity index (χ1n) is 6.55. The van der Waals surface area contributed by atoms with Crippen LogP contribution in [0.15, 0.2) is 24.4 Å². The normalized spacial score (nSPS) is 13.0. The maximum Gasteiger partial charge on any atom is 0.335 e. The van der Waals surface area contributed by atoms with Gasteiger partial charge in [-0.05, 0) is 36.7 Å². The summed E-state index contributed by atoms with van der Waals surface area (Å²) in [5, 5.41) is 33.6. The van der Waals surface area contributed by atoms with Crippen LogP contribution >= 0.6 is 0 Å². The van der Waals surface area contributed by atoms with Gasteiger partial charge in [0.2, 0.25) is 0 Å². The average molecular weight is 328 g/mol. The smallest absolute Gasteiger partial charge is 0.335 e. The fourth-order valence-electron chi connectivity index (χ4n) is 1.79. The predicted octanol–water partition coefficient (Wildman–Crippen LogP) is -0.314. The van der Waals surface area contributed by atoms with Crippen LogP contribution in [0.25, 0.3) is 10.9 Å². The number of halogens is 1. The lowest BCUT2D eigenvalue weighted by molar-refractivity contribution is -0.165. The van der Waals surface area contributed by atoms with Gasteiger partial charge in [-0.25, -0.2) is 14.0 Å². The van der Waals surface area contributed by atoms with E-state index in [1.54, 1.807) is 6.07 Å². The molecular formula is C14H17FN2O6. The summed E-state index contributed by atoms with van der Waals surface area (Å²) in [7, 11) is 0. The van der Waals surface area contributed by atoms with Gasteiger partial charge >= 0.3 is 11.9 Å². The minimum Gasteiger partial charge on any atom is -0.479 e. The molecule has 0 fully saturated rings. The monoisotopic (exact) mass is 328 g/mol. The molecule has 0 aliphatic carbocycles. The van der Waals surface area contributed by atoms with Crippen molar-refractivity contribution < 1.29 is 34.4 Å². The zero-order chi connectivity index (χ0) is 17.6. The molecule has 7 N–H and O–H groups in total. The number of aromatic nitrogens is 1. The van der Waals surface area contributed by atoms with E-state index in [0.717, 1.165) is 22.9 Å². The van der Waals surface area contributed by atoms with Crippen molar-refractivity contribution in [3.8, 4) is 0 Å². The lowest BCUT2D eigenvalue weighted by Gasteiger charge is -2.07. The van der Waals surface area contributed by atoms with Crippen molar-refractivity contribution in [2.24, 2.45) is 5.73 Å². The standard InChI is InChI=1S/C10H11FN2.C4H6O6/c11-8-1-2-9-7(3-4-12)6-13-10(9)5-8;5-1(3(7)8)2(6)4(9)10/h1-2,5-6,13H,3-4,12H2;1-2,5-6H,(H,7,8)(H,9,10)/t;1-,2-/m.1/s1. The Balaban J connectivity index is 0.000000241. The molecule has 2 atom stereocenters. The maximum absolute atomic E-state index is 12.8. The fraction of sp³-hybridized carbons (Fsp3) is 0.286. The van der Waals surface area contributed by atoms with Gasteiger partial charge in [0.25, 0.3) is 0 Å². The highest BCUT2D eigenvalue weighted by molar-refractivity contribution is 5.83. The molecule has 0 unspecified atom stereocenters. The summed E-state index contributed by atoms with van der Waals surface area (Å²) in [6.07, 6.45) is -1.82. The Labute approximate surface area is 130 Å². The molecule has 126 valence electrons. The molecule has 2 rings (SSSR count). The molecule has 9 heteroatoms. The van der Waals surface area contributed by atoms with E-state index in [-0.39, 0.29) is 5.82 Å². The Bertz CT molecular complexity index is 669. The van der Waals surface area contributed by atoms with Crippen molar-refractivity contribution in [1.82, 2.24) is 4.98 Å². The van der Waals surface area contributed by atoms with E-state index in [9.17, 15) is 14.0 Å². The van der Waals surface area contributed by atoms with Crippen LogP contribution in [0.1, 0.15) is 5.56 Å². The molecule has 23 heavy (non-hydrogen) atoms. The molecule has 1 aromatic heterocycles. The van der Waals surface area contributed by atoms with E-state index < -0.39 is 24.1 Å². The highest BCUT2D eigenvalue weighted by Crippen LogP contribution is 2.19. The quantitative estimate of drug-likeness (QED) is 0.439. The first-order valence-corrected chi connectivity index (χ1v) is 6.55. The van der Waals surface area contributed by atoms with Gasteiger partial charge in [0.1, 0.15) is 5.82 Å². The van der Waals surface area contributed by atoms with Gasteiger partial charge in [-0.2, -0.15) is 0 Å². The van der Waals surface area contributed by atoms with E-state index in [0.29, 0.717) is 6.54 Å². The van der Waals surface area contributed by atoms with Gasteiger partial charge in [-0.1, -0.05) is 0 Å². The molecule has 2 aromatic rings. The van der Waals surface area contributed by atoms with Crippen LogP contribution in [0.2, 0.25) is 0 Å². The van der Waals surface area contributed by atoms with Crippen LogP contribution in [0.5, 0.6) is 0 Å².